The number of rotatable bonds is 3. The third-order valence-corrected chi connectivity index (χ3v) is 7.60. The molecule has 3 unspecified atom stereocenters. The highest BCUT2D eigenvalue weighted by Crippen LogP contribution is 2.65. The van der Waals surface area contributed by atoms with Gasteiger partial charge in [0.1, 0.15) is 0 Å². The minimum atomic E-state index is -0.0996. The van der Waals surface area contributed by atoms with Crippen LogP contribution in [0.25, 0.3) is 0 Å². The zero-order valence-electron chi connectivity index (χ0n) is 15.3. The van der Waals surface area contributed by atoms with Crippen LogP contribution in [-0.2, 0) is 10.2 Å². The van der Waals surface area contributed by atoms with Gasteiger partial charge >= 0.3 is 0 Å². The molecule has 1 aromatic carbocycles. The second-order valence-electron chi connectivity index (χ2n) is 9.55. The molecule has 5 aliphatic rings. The molecule has 3 heteroatoms. The SMILES string of the molecule is Cc1ccc(C23CC4CC(CC(C(=O)NC5CCNC5)(C4)C2)C3)cc1. The van der Waals surface area contributed by atoms with E-state index in [9.17, 15) is 4.79 Å². The van der Waals surface area contributed by atoms with Crippen molar-refractivity contribution >= 4 is 5.91 Å². The molecule has 1 saturated heterocycles. The lowest BCUT2D eigenvalue weighted by molar-refractivity contribution is -0.149. The van der Waals surface area contributed by atoms with Crippen molar-refractivity contribution in [3.8, 4) is 0 Å². The first-order valence-corrected chi connectivity index (χ1v) is 10.2. The first kappa shape index (κ1) is 15.9. The summed E-state index contributed by atoms with van der Waals surface area (Å²) >= 11 is 0. The predicted molar refractivity (Wildman–Crippen MR) is 99.4 cm³/mol. The van der Waals surface area contributed by atoms with Crippen molar-refractivity contribution in [2.75, 3.05) is 13.1 Å². The van der Waals surface area contributed by atoms with Crippen molar-refractivity contribution in [2.24, 2.45) is 17.3 Å². The summed E-state index contributed by atoms with van der Waals surface area (Å²) in [7, 11) is 0. The first-order chi connectivity index (χ1) is 12.1. The Kier molecular flexibility index (Phi) is 3.54. The monoisotopic (exact) mass is 338 g/mol. The van der Waals surface area contributed by atoms with Crippen LogP contribution in [0.3, 0.4) is 0 Å². The Morgan fingerprint density at radius 1 is 1.12 bits per heavy atom. The maximum absolute atomic E-state index is 13.3. The van der Waals surface area contributed by atoms with E-state index in [0.717, 1.165) is 50.6 Å². The molecule has 4 bridgehead atoms. The molecule has 6 rings (SSSR count). The molecule has 4 aliphatic carbocycles. The summed E-state index contributed by atoms with van der Waals surface area (Å²) in [5.41, 5.74) is 2.97. The Bertz CT molecular complexity index is 660. The zero-order valence-corrected chi connectivity index (χ0v) is 15.3. The highest BCUT2D eigenvalue weighted by Gasteiger charge is 2.61. The fraction of sp³-hybridized carbons (Fsp3) is 0.682. The van der Waals surface area contributed by atoms with Crippen molar-refractivity contribution in [1.29, 1.82) is 0 Å². The van der Waals surface area contributed by atoms with Crippen molar-refractivity contribution < 1.29 is 4.79 Å². The van der Waals surface area contributed by atoms with Gasteiger partial charge in [0, 0.05) is 12.6 Å². The van der Waals surface area contributed by atoms with Gasteiger partial charge in [0.25, 0.3) is 0 Å². The van der Waals surface area contributed by atoms with E-state index in [-0.39, 0.29) is 10.8 Å². The maximum atomic E-state index is 13.3. The number of hydrogen-bond acceptors (Lipinski definition) is 2. The average Bonchev–Trinajstić information content (AvgIpc) is 3.07. The second-order valence-corrected chi connectivity index (χ2v) is 9.55. The standard InChI is InChI=1S/C22H30N2O/c1-15-2-4-18(5-3-15)21-9-16-8-17(10-21)12-22(11-16,14-21)20(25)24-19-6-7-23-13-19/h2-5,16-17,19,23H,6-14H2,1H3,(H,24,25). The fourth-order valence-electron chi connectivity index (χ4n) is 6.89. The molecule has 1 aliphatic heterocycles. The number of carbonyl (C=O) groups is 1. The van der Waals surface area contributed by atoms with E-state index >= 15 is 0 Å². The van der Waals surface area contributed by atoms with Gasteiger partial charge in [-0.3, -0.25) is 4.79 Å². The second kappa shape index (κ2) is 5.57. The van der Waals surface area contributed by atoms with Gasteiger partial charge in [-0.1, -0.05) is 29.8 Å². The largest absolute Gasteiger partial charge is 0.352 e. The van der Waals surface area contributed by atoms with Gasteiger partial charge in [-0.05, 0) is 81.2 Å². The Morgan fingerprint density at radius 3 is 2.48 bits per heavy atom. The lowest BCUT2D eigenvalue weighted by Crippen LogP contribution is -2.60. The summed E-state index contributed by atoms with van der Waals surface area (Å²) in [6.07, 6.45) is 8.36. The number of benzene rings is 1. The van der Waals surface area contributed by atoms with Crippen molar-refractivity contribution in [2.45, 2.75) is 63.3 Å². The van der Waals surface area contributed by atoms with Crippen LogP contribution in [0.5, 0.6) is 0 Å². The number of nitrogens with one attached hydrogen (secondary N) is 2. The molecule has 134 valence electrons. The quantitative estimate of drug-likeness (QED) is 0.888. The number of amides is 1. The molecule has 1 amide bonds. The summed E-state index contributed by atoms with van der Waals surface area (Å²) in [4.78, 5) is 13.3. The molecule has 0 spiro atoms. The third kappa shape index (κ3) is 2.54. The summed E-state index contributed by atoms with van der Waals surface area (Å²) < 4.78 is 0. The van der Waals surface area contributed by atoms with Crippen LogP contribution in [0.1, 0.15) is 56.1 Å². The Balaban J connectivity index is 1.45. The lowest BCUT2D eigenvalue weighted by atomic mass is 9.42. The number of carbonyl (C=O) groups excluding carboxylic acids is 1. The molecule has 3 atom stereocenters. The minimum absolute atomic E-state index is 0.0996. The molecule has 25 heavy (non-hydrogen) atoms. The van der Waals surface area contributed by atoms with E-state index in [0.29, 0.717) is 11.9 Å². The van der Waals surface area contributed by atoms with Crippen LogP contribution in [0.4, 0.5) is 0 Å². The van der Waals surface area contributed by atoms with E-state index in [1.165, 1.54) is 30.4 Å². The normalized spacial score (nSPS) is 41.9. The van der Waals surface area contributed by atoms with Gasteiger partial charge in [0.15, 0.2) is 0 Å². The van der Waals surface area contributed by atoms with Gasteiger partial charge in [0.2, 0.25) is 5.91 Å². The van der Waals surface area contributed by atoms with E-state index in [2.05, 4.69) is 41.8 Å². The van der Waals surface area contributed by atoms with Crippen LogP contribution in [0.2, 0.25) is 0 Å². The van der Waals surface area contributed by atoms with Gasteiger partial charge in [0.05, 0.1) is 5.41 Å². The van der Waals surface area contributed by atoms with Crippen LogP contribution < -0.4 is 10.6 Å². The Hall–Kier alpha value is -1.35. The first-order valence-electron chi connectivity index (χ1n) is 10.2. The van der Waals surface area contributed by atoms with Crippen molar-refractivity contribution in [3.63, 3.8) is 0 Å². The zero-order chi connectivity index (χ0) is 17.1. The molecule has 2 N–H and O–H groups in total. The highest BCUT2D eigenvalue weighted by molar-refractivity contribution is 5.84. The van der Waals surface area contributed by atoms with Crippen LogP contribution in [0, 0.1) is 24.2 Å². The van der Waals surface area contributed by atoms with E-state index in [4.69, 9.17) is 0 Å². The van der Waals surface area contributed by atoms with Gasteiger partial charge < -0.3 is 10.6 Å². The van der Waals surface area contributed by atoms with Crippen molar-refractivity contribution in [1.82, 2.24) is 10.6 Å². The van der Waals surface area contributed by atoms with E-state index in [1.54, 1.807) is 0 Å². The fourth-order valence-corrected chi connectivity index (χ4v) is 6.89. The predicted octanol–water partition coefficient (Wildman–Crippen LogP) is 3.31. The van der Waals surface area contributed by atoms with Crippen LogP contribution >= 0.6 is 0 Å². The molecule has 5 fully saturated rings. The van der Waals surface area contributed by atoms with E-state index in [1.807, 2.05) is 0 Å². The van der Waals surface area contributed by atoms with Crippen molar-refractivity contribution in [3.05, 3.63) is 35.4 Å². The smallest absolute Gasteiger partial charge is 0.226 e. The highest BCUT2D eigenvalue weighted by atomic mass is 16.2. The van der Waals surface area contributed by atoms with Crippen LogP contribution in [-0.4, -0.2) is 25.0 Å². The molecule has 0 radical (unpaired) electrons. The third-order valence-electron chi connectivity index (χ3n) is 7.60. The molecule has 1 aromatic rings. The van der Waals surface area contributed by atoms with E-state index < -0.39 is 0 Å². The summed E-state index contributed by atoms with van der Waals surface area (Å²) in [6, 6.07) is 9.54. The molecule has 3 nitrogen and oxygen atoms in total. The average molecular weight is 338 g/mol. The lowest BCUT2D eigenvalue weighted by Gasteiger charge is -2.61. The molecule has 1 heterocycles. The summed E-state index contributed by atoms with van der Waals surface area (Å²) in [6.45, 7) is 4.14. The van der Waals surface area contributed by atoms with Gasteiger partial charge in [-0.2, -0.15) is 0 Å². The minimum Gasteiger partial charge on any atom is -0.352 e. The summed E-state index contributed by atoms with van der Waals surface area (Å²) in [5, 5.41) is 6.79. The van der Waals surface area contributed by atoms with Crippen LogP contribution in [0.15, 0.2) is 24.3 Å². The molecule has 0 aromatic heterocycles. The topological polar surface area (TPSA) is 41.1 Å². The molecular weight excluding hydrogens is 308 g/mol. The maximum Gasteiger partial charge on any atom is 0.226 e. The Morgan fingerprint density at radius 2 is 1.84 bits per heavy atom. The van der Waals surface area contributed by atoms with Gasteiger partial charge in [-0.15, -0.1) is 0 Å². The van der Waals surface area contributed by atoms with Gasteiger partial charge in [-0.25, -0.2) is 0 Å². The summed E-state index contributed by atoms with van der Waals surface area (Å²) in [5.74, 6) is 1.86. The number of aryl methyl sites for hydroxylation is 1. The molecule has 4 saturated carbocycles. The Labute approximate surface area is 151 Å². The molecular formula is C22H30N2O. The number of hydrogen-bond donors (Lipinski definition) is 2.